The highest BCUT2D eigenvalue weighted by molar-refractivity contribution is 6.30. The van der Waals surface area contributed by atoms with E-state index in [9.17, 15) is 0 Å². The number of hydrogen-bond acceptors (Lipinski definition) is 3. The summed E-state index contributed by atoms with van der Waals surface area (Å²) < 4.78 is 5.25. The molecule has 1 aromatic heterocycles. The van der Waals surface area contributed by atoms with Crippen LogP contribution in [0.1, 0.15) is 31.2 Å². The van der Waals surface area contributed by atoms with E-state index in [0.717, 1.165) is 28.4 Å². The summed E-state index contributed by atoms with van der Waals surface area (Å²) in [5, 5.41) is 0.511. The average Bonchev–Trinajstić information content (AvgIpc) is 2.41. The van der Waals surface area contributed by atoms with Gasteiger partial charge in [0.1, 0.15) is 16.7 Å². The minimum Gasteiger partial charge on any atom is -0.497 e. The molecule has 0 amide bonds. The van der Waals surface area contributed by atoms with Gasteiger partial charge in [-0.25, -0.2) is 9.97 Å². The Balaban J connectivity index is 2.60. The van der Waals surface area contributed by atoms with E-state index in [4.69, 9.17) is 16.3 Å². The van der Waals surface area contributed by atoms with Crippen LogP contribution in [0.15, 0.2) is 24.3 Å². The van der Waals surface area contributed by atoms with Crippen molar-refractivity contribution in [1.82, 2.24) is 9.97 Å². The maximum atomic E-state index is 6.20. The second-order valence-corrected chi connectivity index (χ2v) is 5.09. The number of rotatable bonds is 3. The molecular formula is C15H17ClN2O. The molecule has 19 heavy (non-hydrogen) atoms. The first-order valence-corrected chi connectivity index (χ1v) is 6.59. The maximum absolute atomic E-state index is 6.20. The van der Waals surface area contributed by atoms with Gasteiger partial charge in [-0.05, 0) is 19.1 Å². The van der Waals surface area contributed by atoms with Gasteiger partial charge in [-0.15, -0.1) is 0 Å². The molecule has 0 aliphatic rings. The number of benzene rings is 1. The summed E-state index contributed by atoms with van der Waals surface area (Å²) in [6.07, 6.45) is 0. The maximum Gasteiger partial charge on any atom is 0.136 e. The fourth-order valence-corrected chi connectivity index (χ4v) is 1.99. The fraction of sp³-hybridized carbons (Fsp3) is 0.333. The highest BCUT2D eigenvalue weighted by atomic mass is 35.5. The number of nitrogens with zero attached hydrogens (tertiary/aromatic N) is 2. The zero-order valence-electron chi connectivity index (χ0n) is 11.6. The molecule has 2 aromatic rings. The highest BCUT2D eigenvalue weighted by Gasteiger charge is 2.13. The van der Waals surface area contributed by atoms with Crippen molar-refractivity contribution in [2.75, 3.05) is 7.11 Å². The van der Waals surface area contributed by atoms with E-state index in [0.29, 0.717) is 5.15 Å². The van der Waals surface area contributed by atoms with E-state index in [1.165, 1.54) is 0 Å². The largest absolute Gasteiger partial charge is 0.497 e. The van der Waals surface area contributed by atoms with Gasteiger partial charge in [0, 0.05) is 17.0 Å². The molecule has 100 valence electrons. The summed E-state index contributed by atoms with van der Waals surface area (Å²) >= 11 is 6.20. The molecule has 0 aliphatic carbocycles. The zero-order chi connectivity index (χ0) is 14.0. The third kappa shape index (κ3) is 2.87. The summed E-state index contributed by atoms with van der Waals surface area (Å²) in [5.41, 5.74) is 2.74. The highest BCUT2D eigenvalue weighted by Crippen LogP contribution is 2.29. The second kappa shape index (κ2) is 5.57. The molecule has 1 aromatic carbocycles. The Morgan fingerprint density at radius 1 is 1.21 bits per heavy atom. The molecule has 0 saturated carbocycles. The van der Waals surface area contributed by atoms with Crippen molar-refractivity contribution in [3.8, 4) is 17.0 Å². The van der Waals surface area contributed by atoms with Crippen LogP contribution in [0.5, 0.6) is 5.75 Å². The van der Waals surface area contributed by atoms with Crippen LogP contribution >= 0.6 is 11.6 Å². The molecule has 0 saturated heterocycles. The minimum absolute atomic E-state index is 0.238. The third-order valence-corrected chi connectivity index (χ3v) is 3.33. The number of ether oxygens (including phenoxy) is 1. The van der Waals surface area contributed by atoms with Crippen molar-refractivity contribution in [3.63, 3.8) is 0 Å². The average molecular weight is 277 g/mol. The van der Waals surface area contributed by atoms with Crippen LogP contribution in [0.3, 0.4) is 0 Å². The van der Waals surface area contributed by atoms with Crippen molar-refractivity contribution < 1.29 is 4.74 Å². The van der Waals surface area contributed by atoms with Crippen LogP contribution in [0, 0.1) is 6.92 Å². The van der Waals surface area contributed by atoms with Crippen LogP contribution in [-0.4, -0.2) is 17.1 Å². The lowest BCUT2D eigenvalue weighted by molar-refractivity contribution is 0.415. The number of halogens is 1. The summed E-state index contributed by atoms with van der Waals surface area (Å²) in [5.74, 6) is 1.80. The van der Waals surface area contributed by atoms with Gasteiger partial charge >= 0.3 is 0 Å². The van der Waals surface area contributed by atoms with Crippen molar-refractivity contribution in [3.05, 3.63) is 40.8 Å². The fourth-order valence-electron chi connectivity index (χ4n) is 1.82. The number of hydrogen-bond donors (Lipinski definition) is 0. The molecule has 2 rings (SSSR count). The Labute approximate surface area is 118 Å². The molecular weight excluding hydrogens is 260 g/mol. The second-order valence-electron chi connectivity index (χ2n) is 4.73. The molecule has 3 nitrogen and oxygen atoms in total. The molecule has 0 aliphatic heterocycles. The quantitative estimate of drug-likeness (QED) is 0.787. The monoisotopic (exact) mass is 276 g/mol. The van der Waals surface area contributed by atoms with Gasteiger partial charge in [0.05, 0.1) is 12.8 Å². The molecule has 0 atom stereocenters. The molecule has 0 N–H and O–H groups in total. The van der Waals surface area contributed by atoms with Crippen LogP contribution in [0.25, 0.3) is 11.3 Å². The SMILES string of the molecule is COc1cccc(-c2nc(C(C)C)nc(Cl)c2C)c1. The normalized spacial score (nSPS) is 10.8. The lowest BCUT2D eigenvalue weighted by atomic mass is 10.1. The van der Waals surface area contributed by atoms with Gasteiger partial charge in [0.25, 0.3) is 0 Å². The Hall–Kier alpha value is -1.61. The molecule has 0 spiro atoms. The molecule has 0 bridgehead atoms. The Kier molecular flexibility index (Phi) is 4.05. The molecule has 0 fully saturated rings. The Morgan fingerprint density at radius 3 is 2.58 bits per heavy atom. The molecule has 1 heterocycles. The minimum atomic E-state index is 0.238. The third-order valence-electron chi connectivity index (χ3n) is 2.96. The summed E-state index contributed by atoms with van der Waals surface area (Å²) in [7, 11) is 1.65. The number of aromatic nitrogens is 2. The van der Waals surface area contributed by atoms with Crippen molar-refractivity contribution in [2.45, 2.75) is 26.7 Å². The smallest absolute Gasteiger partial charge is 0.136 e. The topological polar surface area (TPSA) is 35.0 Å². The van der Waals surface area contributed by atoms with E-state index in [1.807, 2.05) is 31.2 Å². The van der Waals surface area contributed by atoms with Crippen LogP contribution in [0.2, 0.25) is 5.15 Å². The van der Waals surface area contributed by atoms with Crippen LogP contribution < -0.4 is 4.74 Å². The van der Waals surface area contributed by atoms with Gasteiger partial charge in [0.15, 0.2) is 0 Å². The summed E-state index contributed by atoms with van der Waals surface area (Å²) in [6.45, 7) is 6.04. The van der Waals surface area contributed by atoms with E-state index >= 15 is 0 Å². The lowest BCUT2D eigenvalue weighted by Gasteiger charge is -2.12. The van der Waals surface area contributed by atoms with E-state index in [2.05, 4.69) is 23.8 Å². The van der Waals surface area contributed by atoms with E-state index < -0.39 is 0 Å². The van der Waals surface area contributed by atoms with Crippen molar-refractivity contribution in [2.24, 2.45) is 0 Å². The Morgan fingerprint density at radius 2 is 1.95 bits per heavy atom. The summed E-state index contributed by atoms with van der Waals surface area (Å²) in [6, 6.07) is 7.80. The van der Waals surface area contributed by atoms with Gasteiger partial charge < -0.3 is 4.74 Å². The van der Waals surface area contributed by atoms with Crippen LogP contribution in [0.4, 0.5) is 0 Å². The van der Waals surface area contributed by atoms with Gasteiger partial charge in [-0.3, -0.25) is 0 Å². The Bertz CT molecular complexity index is 597. The number of methoxy groups -OCH3 is 1. The molecule has 4 heteroatoms. The van der Waals surface area contributed by atoms with Crippen molar-refractivity contribution >= 4 is 11.6 Å². The lowest BCUT2D eigenvalue weighted by Crippen LogP contribution is -2.02. The van der Waals surface area contributed by atoms with Gasteiger partial charge in [0.2, 0.25) is 0 Å². The van der Waals surface area contributed by atoms with Gasteiger partial charge in [-0.2, -0.15) is 0 Å². The van der Waals surface area contributed by atoms with Crippen LogP contribution in [-0.2, 0) is 0 Å². The molecule has 0 radical (unpaired) electrons. The van der Waals surface area contributed by atoms with Gasteiger partial charge in [-0.1, -0.05) is 37.6 Å². The summed E-state index contributed by atoms with van der Waals surface area (Å²) in [4.78, 5) is 8.95. The molecule has 0 unspecified atom stereocenters. The van der Waals surface area contributed by atoms with Crippen molar-refractivity contribution in [1.29, 1.82) is 0 Å². The van der Waals surface area contributed by atoms with E-state index in [1.54, 1.807) is 7.11 Å². The first-order chi connectivity index (χ1) is 9.02. The predicted molar refractivity (Wildman–Crippen MR) is 77.9 cm³/mol. The standard InChI is InChI=1S/C15H17ClN2O/c1-9(2)15-17-13(10(3)14(16)18-15)11-6-5-7-12(8-11)19-4/h5-9H,1-4H3. The van der Waals surface area contributed by atoms with E-state index in [-0.39, 0.29) is 5.92 Å². The first kappa shape index (κ1) is 13.8. The predicted octanol–water partition coefficient (Wildman–Crippen LogP) is 4.24. The zero-order valence-corrected chi connectivity index (χ0v) is 12.3. The first-order valence-electron chi connectivity index (χ1n) is 6.21.